The van der Waals surface area contributed by atoms with Crippen LogP contribution < -0.4 is 9.47 Å². The largest absolute Gasteiger partial charge is 0.497 e. The highest BCUT2D eigenvalue weighted by atomic mass is 16.5. The number of rotatable bonds is 6. The van der Waals surface area contributed by atoms with Crippen LogP contribution in [0, 0.1) is 0 Å². The second kappa shape index (κ2) is 7.00. The molecule has 0 radical (unpaired) electrons. The Balaban J connectivity index is 1.83. The van der Waals surface area contributed by atoms with E-state index in [9.17, 15) is 0 Å². The average molecular weight is 317 g/mol. The van der Waals surface area contributed by atoms with Gasteiger partial charge in [0.05, 0.1) is 20.8 Å². The first-order valence-electron chi connectivity index (χ1n) is 8.02. The van der Waals surface area contributed by atoms with E-state index in [1.165, 1.54) is 0 Å². The van der Waals surface area contributed by atoms with Gasteiger partial charge in [0, 0.05) is 18.0 Å². The minimum Gasteiger partial charge on any atom is -0.497 e. The van der Waals surface area contributed by atoms with E-state index >= 15 is 0 Å². The number of hydrogen-bond acceptors (Lipinski definition) is 6. The van der Waals surface area contributed by atoms with Crippen LogP contribution in [0.1, 0.15) is 43.2 Å². The standard InChI is InChI=1S/C17H23N3O3/c1-4-16-18-19-17(23-16)11-20-9-5-6-14(20)13-10-12(21-2)7-8-15(13)22-3/h7-8,10,14H,4-6,9,11H2,1-3H3. The lowest BCUT2D eigenvalue weighted by Gasteiger charge is -2.25. The van der Waals surface area contributed by atoms with Gasteiger partial charge in [-0.3, -0.25) is 4.90 Å². The van der Waals surface area contributed by atoms with Gasteiger partial charge in [-0.25, -0.2) is 0 Å². The molecule has 1 atom stereocenters. The molecule has 0 aliphatic carbocycles. The molecule has 0 spiro atoms. The zero-order chi connectivity index (χ0) is 16.2. The Labute approximate surface area is 136 Å². The first-order valence-corrected chi connectivity index (χ1v) is 8.02. The molecule has 3 rings (SSSR count). The first-order chi connectivity index (χ1) is 11.2. The SMILES string of the molecule is CCc1nnc(CN2CCCC2c2cc(OC)ccc2OC)o1. The molecule has 0 N–H and O–H groups in total. The summed E-state index contributed by atoms with van der Waals surface area (Å²) in [4.78, 5) is 2.37. The van der Waals surface area contributed by atoms with E-state index in [4.69, 9.17) is 13.9 Å². The number of hydrogen-bond donors (Lipinski definition) is 0. The Morgan fingerprint density at radius 3 is 2.74 bits per heavy atom. The lowest BCUT2D eigenvalue weighted by molar-refractivity contribution is 0.217. The number of ether oxygens (including phenoxy) is 2. The van der Waals surface area contributed by atoms with Gasteiger partial charge >= 0.3 is 0 Å². The van der Waals surface area contributed by atoms with E-state index in [1.54, 1.807) is 14.2 Å². The van der Waals surface area contributed by atoms with Crippen molar-refractivity contribution in [1.82, 2.24) is 15.1 Å². The summed E-state index contributed by atoms with van der Waals surface area (Å²) in [6, 6.07) is 6.23. The summed E-state index contributed by atoms with van der Waals surface area (Å²) in [7, 11) is 3.39. The van der Waals surface area contributed by atoms with E-state index in [0.29, 0.717) is 18.3 Å². The van der Waals surface area contributed by atoms with Gasteiger partial charge in [-0.05, 0) is 37.6 Å². The second-order valence-electron chi connectivity index (χ2n) is 5.68. The average Bonchev–Trinajstić information content (AvgIpc) is 3.23. The van der Waals surface area contributed by atoms with Gasteiger partial charge in [0.2, 0.25) is 11.8 Å². The van der Waals surface area contributed by atoms with Crippen LogP contribution in [0.3, 0.4) is 0 Å². The van der Waals surface area contributed by atoms with Crippen LogP contribution in [0.4, 0.5) is 0 Å². The molecule has 124 valence electrons. The van der Waals surface area contributed by atoms with Crippen LogP contribution in [0.2, 0.25) is 0 Å². The molecular formula is C17H23N3O3. The molecule has 0 amide bonds. The smallest absolute Gasteiger partial charge is 0.230 e. The van der Waals surface area contributed by atoms with E-state index in [2.05, 4.69) is 21.2 Å². The topological polar surface area (TPSA) is 60.6 Å². The Morgan fingerprint density at radius 1 is 1.22 bits per heavy atom. The second-order valence-corrected chi connectivity index (χ2v) is 5.68. The van der Waals surface area contributed by atoms with Crippen LogP contribution in [-0.2, 0) is 13.0 Å². The van der Waals surface area contributed by atoms with Gasteiger partial charge in [-0.2, -0.15) is 0 Å². The molecule has 6 nitrogen and oxygen atoms in total. The monoisotopic (exact) mass is 317 g/mol. The molecule has 1 aromatic heterocycles. The van der Waals surface area contributed by atoms with Gasteiger partial charge in [0.1, 0.15) is 11.5 Å². The Kier molecular flexibility index (Phi) is 4.81. The van der Waals surface area contributed by atoms with Crippen molar-refractivity contribution in [3.8, 4) is 11.5 Å². The van der Waals surface area contributed by atoms with Crippen molar-refractivity contribution < 1.29 is 13.9 Å². The van der Waals surface area contributed by atoms with E-state index < -0.39 is 0 Å². The Bertz CT molecular complexity index is 656. The summed E-state index contributed by atoms with van der Waals surface area (Å²) in [6.45, 7) is 3.68. The van der Waals surface area contributed by atoms with Crippen molar-refractivity contribution in [1.29, 1.82) is 0 Å². The number of nitrogens with zero attached hydrogens (tertiary/aromatic N) is 3. The number of aryl methyl sites for hydroxylation is 1. The summed E-state index contributed by atoms with van der Waals surface area (Å²) in [5, 5.41) is 8.19. The van der Waals surface area contributed by atoms with Gasteiger partial charge in [0.25, 0.3) is 0 Å². The molecule has 6 heteroatoms. The highest BCUT2D eigenvalue weighted by Crippen LogP contribution is 2.39. The summed E-state index contributed by atoms with van der Waals surface area (Å²) in [5.41, 5.74) is 1.15. The summed E-state index contributed by atoms with van der Waals surface area (Å²) < 4.78 is 16.6. The third-order valence-electron chi connectivity index (χ3n) is 4.31. The lowest BCUT2D eigenvalue weighted by Crippen LogP contribution is -2.23. The van der Waals surface area contributed by atoms with Crippen LogP contribution >= 0.6 is 0 Å². The minimum atomic E-state index is 0.275. The van der Waals surface area contributed by atoms with Crippen LogP contribution in [0.5, 0.6) is 11.5 Å². The molecular weight excluding hydrogens is 294 g/mol. The molecule has 1 saturated heterocycles. The predicted molar refractivity (Wildman–Crippen MR) is 85.6 cm³/mol. The number of methoxy groups -OCH3 is 2. The molecule has 23 heavy (non-hydrogen) atoms. The summed E-state index contributed by atoms with van der Waals surface area (Å²) in [6.07, 6.45) is 2.98. The van der Waals surface area contributed by atoms with Crippen molar-refractivity contribution >= 4 is 0 Å². The zero-order valence-corrected chi connectivity index (χ0v) is 13.9. The fourth-order valence-electron chi connectivity index (χ4n) is 3.14. The van der Waals surface area contributed by atoms with Gasteiger partial charge < -0.3 is 13.9 Å². The maximum atomic E-state index is 5.66. The van der Waals surface area contributed by atoms with Crippen molar-refractivity contribution in [2.75, 3.05) is 20.8 Å². The predicted octanol–water partition coefficient (Wildman–Crippen LogP) is 2.99. The highest BCUT2D eigenvalue weighted by molar-refractivity contribution is 5.42. The molecule has 2 heterocycles. The lowest BCUT2D eigenvalue weighted by atomic mass is 10.0. The Morgan fingerprint density at radius 2 is 2.04 bits per heavy atom. The van der Waals surface area contributed by atoms with E-state index in [1.807, 2.05) is 19.1 Å². The molecule has 1 unspecified atom stereocenters. The minimum absolute atomic E-state index is 0.275. The molecule has 1 aliphatic rings. The summed E-state index contributed by atoms with van der Waals surface area (Å²) in [5.74, 6) is 3.10. The Hall–Kier alpha value is -2.08. The number of aromatic nitrogens is 2. The van der Waals surface area contributed by atoms with Crippen molar-refractivity contribution in [3.63, 3.8) is 0 Å². The molecule has 2 aromatic rings. The van der Waals surface area contributed by atoms with Crippen LogP contribution in [0.15, 0.2) is 22.6 Å². The van der Waals surface area contributed by atoms with Gasteiger partial charge in [-0.1, -0.05) is 6.92 Å². The van der Waals surface area contributed by atoms with Gasteiger partial charge in [0.15, 0.2) is 0 Å². The van der Waals surface area contributed by atoms with Gasteiger partial charge in [-0.15, -0.1) is 10.2 Å². The van der Waals surface area contributed by atoms with Crippen molar-refractivity contribution in [2.45, 2.75) is 38.8 Å². The fourth-order valence-corrected chi connectivity index (χ4v) is 3.14. The zero-order valence-electron chi connectivity index (χ0n) is 13.9. The van der Waals surface area contributed by atoms with Crippen LogP contribution in [0.25, 0.3) is 0 Å². The highest BCUT2D eigenvalue weighted by Gasteiger charge is 2.30. The normalized spacial score (nSPS) is 18.3. The van der Waals surface area contributed by atoms with Crippen molar-refractivity contribution in [2.24, 2.45) is 0 Å². The quantitative estimate of drug-likeness (QED) is 0.816. The summed E-state index contributed by atoms with van der Waals surface area (Å²) >= 11 is 0. The molecule has 1 fully saturated rings. The fraction of sp³-hybridized carbons (Fsp3) is 0.529. The molecule has 0 saturated carbocycles. The van der Waals surface area contributed by atoms with Crippen molar-refractivity contribution in [3.05, 3.63) is 35.5 Å². The maximum absolute atomic E-state index is 5.66. The third-order valence-corrected chi connectivity index (χ3v) is 4.31. The third kappa shape index (κ3) is 3.32. The molecule has 1 aliphatic heterocycles. The van der Waals surface area contributed by atoms with E-state index in [0.717, 1.165) is 42.9 Å². The number of likely N-dealkylation sites (tertiary alicyclic amines) is 1. The molecule has 1 aromatic carbocycles. The number of benzene rings is 1. The van der Waals surface area contributed by atoms with Crippen LogP contribution in [-0.4, -0.2) is 35.9 Å². The van der Waals surface area contributed by atoms with E-state index in [-0.39, 0.29) is 6.04 Å². The molecule has 0 bridgehead atoms. The maximum Gasteiger partial charge on any atom is 0.230 e. The first kappa shape index (κ1) is 15.8.